The second-order valence-electron chi connectivity index (χ2n) is 2.63. The normalized spacial score (nSPS) is 15.5. The number of H-pyrrole nitrogens is 1. The number of nitrogens with one attached hydrogen (secondary N) is 2. The third-order valence-corrected chi connectivity index (χ3v) is 2.92. The van der Waals surface area contributed by atoms with Crippen LogP contribution in [-0.4, -0.2) is 32.2 Å². The van der Waals surface area contributed by atoms with Crippen molar-refractivity contribution in [2.45, 2.75) is 12.2 Å². The summed E-state index contributed by atoms with van der Waals surface area (Å²) in [5.41, 5.74) is 0. The second-order valence-corrected chi connectivity index (χ2v) is 4.43. The van der Waals surface area contributed by atoms with E-state index in [2.05, 4.69) is 15.3 Å². The molecule has 0 amide bonds. The van der Waals surface area contributed by atoms with Gasteiger partial charge >= 0.3 is 0 Å². The SMILES string of the molecule is CC(CNc1ncc[nH]1)S(C)=O. The minimum atomic E-state index is -0.776. The Morgan fingerprint density at radius 2 is 2.58 bits per heavy atom. The Morgan fingerprint density at radius 1 is 1.83 bits per heavy atom. The summed E-state index contributed by atoms with van der Waals surface area (Å²) in [6, 6.07) is 0. The average Bonchev–Trinajstić information content (AvgIpc) is 2.51. The van der Waals surface area contributed by atoms with Gasteiger partial charge in [0.2, 0.25) is 0 Å². The molecule has 0 fully saturated rings. The third kappa shape index (κ3) is 2.65. The van der Waals surface area contributed by atoms with Gasteiger partial charge < -0.3 is 10.3 Å². The zero-order valence-corrected chi connectivity index (χ0v) is 8.02. The van der Waals surface area contributed by atoms with Crippen molar-refractivity contribution < 1.29 is 4.21 Å². The van der Waals surface area contributed by atoms with Gasteiger partial charge in [-0.25, -0.2) is 4.98 Å². The maximum absolute atomic E-state index is 10.9. The van der Waals surface area contributed by atoms with Crippen molar-refractivity contribution in [2.24, 2.45) is 0 Å². The summed E-state index contributed by atoms with van der Waals surface area (Å²) in [6.45, 7) is 2.61. The maximum Gasteiger partial charge on any atom is 0.200 e. The molecule has 1 aromatic rings. The lowest BCUT2D eigenvalue weighted by atomic mass is 10.5. The van der Waals surface area contributed by atoms with E-state index in [-0.39, 0.29) is 5.25 Å². The van der Waals surface area contributed by atoms with E-state index in [1.807, 2.05) is 6.92 Å². The van der Waals surface area contributed by atoms with Crippen molar-refractivity contribution in [1.82, 2.24) is 9.97 Å². The summed E-state index contributed by atoms with van der Waals surface area (Å²) in [4.78, 5) is 6.89. The number of hydrogen-bond acceptors (Lipinski definition) is 3. The Balaban J connectivity index is 2.31. The molecule has 0 saturated heterocycles. The molecule has 1 heterocycles. The van der Waals surface area contributed by atoms with Crippen LogP contribution in [0.5, 0.6) is 0 Å². The van der Waals surface area contributed by atoms with Gasteiger partial charge in [-0.3, -0.25) is 4.21 Å². The lowest BCUT2D eigenvalue weighted by Gasteiger charge is -2.07. The topological polar surface area (TPSA) is 57.8 Å². The molecule has 1 rings (SSSR count). The van der Waals surface area contributed by atoms with Crippen LogP contribution in [-0.2, 0) is 10.8 Å². The molecule has 5 heteroatoms. The monoisotopic (exact) mass is 187 g/mol. The van der Waals surface area contributed by atoms with E-state index in [0.29, 0.717) is 6.54 Å². The fourth-order valence-electron chi connectivity index (χ4n) is 0.720. The van der Waals surface area contributed by atoms with Gasteiger partial charge in [0.15, 0.2) is 5.95 Å². The molecule has 0 aliphatic rings. The second kappa shape index (κ2) is 4.25. The van der Waals surface area contributed by atoms with Crippen LogP contribution in [0.1, 0.15) is 6.92 Å². The van der Waals surface area contributed by atoms with Crippen LogP contribution in [0, 0.1) is 0 Å². The van der Waals surface area contributed by atoms with Crippen LogP contribution in [0.4, 0.5) is 5.95 Å². The number of anilines is 1. The molecule has 2 unspecified atom stereocenters. The fraction of sp³-hybridized carbons (Fsp3) is 0.571. The molecule has 0 spiro atoms. The van der Waals surface area contributed by atoms with Crippen molar-refractivity contribution in [3.05, 3.63) is 12.4 Å². The highest BCUT2D eigenvalue weighted by atomic mass is 32.2. The predicted molar refractivity (Wildman–Crippen MR) is 50.6 cm³/mol. The van der Waals surface area contributed by atoms with E-state index in [1.54, 1.807) is 18.6 Å². The van der Waals surface area contributed by atoms with Gasteiger partial charge in [-0.2, -0.15) is 0 Å². The predicted octanol–water partition coefficient (Wildman–Crippen LogP) is 0.589. The van der Waals surface area contributed by atoms with Crippen LogP contribution < -0.4 is 5.32 Å². The number of hydrogen-bond donors (Lipinski definition) is 2. The molecule has 68 valence electrons. The number of rotatable bonds is 4. The van der Waals surface area contributed by atoms with Gasteiger partial charge in [0, 0.05) is 41.2 Å². The highest BCUT2D eigenvalue weighted by Gasteiger charge is 2.05. The molecule has 2 atom stereocenters. The molecule has 0 aliphatic heterocycles. The lowest BCUT2D eigenvalue weighted by molar-refractivity contribution is 0.678. The van der Waals surface area contributed by atoms with E-state index < -0.39 is 10.8 Å². The quantitative estimate of drug-likeness (QED) is 0.725. The summed E-state index contributed by atoms with van der Waals surface area (Å²) in [6.07, 6.45) is 5.13. The van der Waals surface area contributed by atoms with E-state index in [1.165, 1.54) is 0 Å². The molecule has 4 nitrogen and oxygen atoms in total. The molecular formula is C7H13N3OS. The van der Waals surface area contributed by atoms with Gasteiger partial charge in [-0.15, -0.1) is 0 Å². The minimum absolute atomic E-state index is 0.148. The highest BCUT2D eigenvalue weighted by molar-refractivity contribution is 7.84. The van der Waals surface area contributed by atoms with Crippen molar-refractivity contribution >= 4 is 16.7 Å². The van der Waals surface area contributed by atoms with Crippen LogP contribution >= 0.6 is 0 Å². The Hall–Kier alpha value is -0.840. The Bertz CT molecular complexity index is 247. The Kier molecular flexibility index (Phi) is 3.28. The number of aromatic amines is 1. The molecule has 12 heavy (non-hydrogen) atoms. The molecule has 0 bridgehead atoms. The zero-order valence-electron chi connectivity index (χ0n) is 7.20. The first-order chi connectivity index (χ1) is 5.70. The summed E-state index contributed by atoms with van der Waals surface area (Å²) in [5.74, 6) is 0.729. The van der Waals surface area contributed by atoms with E-state index >= 15 is 0 Å². The summed E-state index contributed by atoms with van der Waals surface area (Å²) >= 11 is 0. The molecule has 2 N–H and O–H groups in total. The van der Waals surface area contributed by atoms with Crippen LogP contribution in [0.2, 0.25) is 0 Å². The largest absolute Gasteiger partial charge is 0.355 e. The third-order valence-electron chi connectivity index (χ3n) is 1.62. The first-order valence-corrected chi connectivity index (χ1v) is 5.37. The maximum atomic E-state index is 10.9. The average molecular weight is 187 g/mol. The molecule has 0 aromatic carbocycles. The summed E-state index contributed by atoms with van der Waals surface area (Å²) in [5, 5.41) is 3.19. The molecular weight excluding hydrogens is 174 g/mol. The van der Waals surface area contributed by atoms with E-state index in [9.17, 15) is 4.21 Å². The lowest BCUT2D eigenvalue weighted by Crippen LogP contribution is -2.21. The zero-order chi connectivity index (χ0) is 8.97. The van der Waals surface area contributed by atoms with Gasteiger partial charge in [0.05, 0.1) is 0 Å². The Morgan fingerprint density at radius 3 is 3.08 bits per heavy atom. The Labute approximate surface area is 74.2 Å². The first-order valence-electron chi connectivity index (χ1n) is 3.75. The van der Waals surface area contributed by atoms with E-state index in [0.717, 1.165) is 5.95 Å². The van der Waals surface area contributed by atoms with Gasteiger partial charge in [-0.1, -0.05) is 0 Å². The number of aromatic nitrogens is 2. The van der Waals surface area contributed by atoms with Crippen LogP contribution in [0.3, 0.4) is 0 Å². The van der Waals surface area contributed by atoms with Crippen LogP contribution in [0.15, 0.2) is 12.4 Å². The van der Waals surface area contributed by atoms with Gasteiger partial charge in [0.1, 0.15) is 0 Å². The molecule has 1 aromatic heterocycles. The minimum Gasteiger partial charge on any atom is -0.355 e. The molecule has 0 radical (unpaired) electrons. The number of imidazole rings is 1. The highest BCUT2D eigenvalue weighted by Crippen LogP contribution is 1.97. The molecule has 0 saturated carbocycles. The first kappa shape index (κ1) is 9.25. The summed E-state index contributed by atoms with van der Waals surface area (Å²) in [7, 11) is -0.776. The van der Waals surface area contributed by atoms with Crippen molar-refractivity contribution in [1.29, 1.82) is 0 Å². The smallest absolute Gasteiger partial charge is 0.200 e. The van der Waals surface area contributed by atoms with Crippen molar-refractivity contribution in [3.8, 4) is 0 Å². The van der Waals surface area contributed by atoms with Gasteiger partial charge in [-0.05, 0) is 6.92 Å². The molecule has 0 aliphatic carbocycles. The standard InChI is InChI=1S/C7H13N3OS/c1-6(12(2)11)5-10-7-8-3-4-9-7/h3-4,6H,5H2,1-2H3,(H2,8,9,10). The summed E-state index contributed by atoms with van der Waals surface area (Å²) < 4.78 is 10.9. The van der Waals surface area contributed by atoms with Gasteiger partial charge in [0.25, 0.3) is 0 Å². The van der Waals surface area contributed by atoms with Crippen molar-refractivity contribution in [2.75, 3.05) is 18.1 Å². The van der Waals surface area contributed by atoms with Crippen molar-refractivity contribution in [3.63, 3.8) is 0 Å². The fourth-order valence-corrected chi connectivity index (χ4v) is 1.04. The van der Waals surface area contributed by atoms with Crippen LogP contribution in [0.25, 0.3) is 0 Å². The number of nitrogens with zero attached hydrogens (tertiary/aromatic N) is 1. The van der Waals surface area contributed by atoms with E-state index in [4.69, 9.17) is 0 Å².